The summed E-state index contributed by atoms with van der Waals surface area (Å²) in [5, 5.41) is 3.95. The molecule has 0 aromatic heterocycles. The molecule has 0 bridgehead atoms. The molecule has 1 aromatic rings. The van der Waals surface area contributed by atoms with Gasteiger partial charge < -0.3 is 4.74 Å². The third-order valence-corrected chi connectivity index (χ3v) is 2.69. The van der Waals surface area contributed by atoms with Crippen LogP contribution in [0.4, 0.5) is 0 Å². The Morgan fingerprint density at radius 2 is 2.38 bits per heavy atom. The highest BCUT2D eigenvalue weighted by atomic mass is 35.5. The van der Waals surface area contributed by atoms with Crippen LogP contribution >= 0.6 is 11.6 Å². The van der Waals surface area contributed by atoms with Crippen molar-refractivity contribution in [3.05, 3.63) is 34.3 Å². The van der Waals surface area contributed by atoms with Gasteiger partial charge in [0.1, 0.15) is 6.23 Å². The molecule has 0 aliphatic carbocycles. The van der Waals surface area contributed by atoms with Crippen molar-refractivity contribution in [1.82, 2.24) is 5.32 Å². The minimum Gasteiger partial charge on any atom is -0.359 e. The van der Waals surface area contributed by atoms with Crippen molar-refractivity contribution in [3.8, 4) is 0 Å². The Hall–Kier alpha value is -0.570. The van der Waals surface area contributed by atoms with Gasteiger partial charge in [0.25, 0.3) is 0 Å². The van der Waals surface area contributed by atoms with E-state index in [4.69, 9.17) is 16.3 Å². The van der Waals surface area contributed by atoms with E-state index in [1.807, 2.05) is 19.2 Å². The van der Waals surface area contributed by atoms with E-state index in [0.29, 0.717) is 0 Å². The molecular weight excluding hydrogens is 186 g/mol. The lowest BCUT2D eigenvalue weighted by atomic mass is 10.0. The Bertz CT molecular complexity index is 314. The molecule has 1 aliphatic rings. The highest BCUT2D eigenvalue weighted by molar-refractivity contribution is 6.31. The average molecular weight is 198 g/mol. The topological polar surface area (TPSA) is 21.3 Å². The van der Waals surface area contributed by atoms with Gasteiger partial charge in [0.05, 0.1) is 6.61 Å². The number of fused-ring (bicyclic) bond motifs is 1. The molecule has 1 aliphatic heterocycles. The number of halogens is 1. The van der Waals surface area contributed by atoms with Gasteiger partial charge in [-0.2, -0.15) is 0 Å². The van der Waals surface area contributed by atoms with Crippen molar-refractivity contribution in [2.45, 2.75) is 12.6 Å². The molecule has 1 N–H and O–H groups in total. The minimum absolute atomic E-state index is 0.00227. The maximum Gasteiger partial charge on any atom is 0.134 e. The monoisotopic (exact) mass is 197 g/mol. The predicted octanol–water partition coefficient (Wildman–Crippen LogP) is 2.13. The van der Waals surface area contributed by atoms with Crippen LogP contribution in [-0.4, -0.2) is 13.7 Å². The summed E-state index contributed by atoms with van der Waals surface area (Å²) in [6.45, 7) is 0.738. The molecule has 0 fully saturated rings. The number of ether oxygens (including phenoxy) is 1. The van der Waals surface area contributed by atoms with Crippen molar-refractivity contribution in [1.29, 1.82) is 0 Å². The first-order valence-corrected chi connectivity index (χ1v) is 4.77. The van der Waals surface area contributed by atoms with Crippen LogP contribution in [0.15, 0.2) is 18.2 Å². The Morgan fingerprint density at radius 3 is 3.15 bits per heavy atom. The number of hydrogen-bond acceptors (Lipinski definition) is 2. The van der Waals surface area contributed by atoms with Gasteiger partial charge in [-0.15, -0.1) is 0 Å². The van der Waals surface area contributed by atoms with Gasteiger partial charge in [-0.05, 0) is 25.1 Å². The molecule has 2 rings (SSSR count). The summed E-state index contributed by atoms with van der Waals surface area (Å²) in [5.74, 6) is 0. The highest BCUT2D eigenvalue weighted by Crippen LogP contribution is 2.29. The molecule has 1 atom stereocenters. The van der Waals surface area contributed by atoms with Crippen LogP contribution < -0.4 is 5.32 Å². The first-order chi connectivity index (χ1) is 6.33. The second-order valence-electron chi connectivity index (χ2n) is 3.10. The van der Waals surface area contributed by atoms with E-state index in [-0.39, 0.29) is 6.23 Å². The summed E-state index contributed by atoms with van der Waals surface area (Å²) < 4.78 is 5.54. The van der Waals surface area contributed by atoms with E-state index < -0.39 is 0 Å². The van der Waals surface area contributed by atoms with Gasteiger partial charge in [-0.1, -0.05) is 23.7 Å². The Morgan fingerprint density at radius 1 is 1.54 bits per heavy atom. The summed E-state index contributed by atoms with van der Waals surface area (Å²) in [4.78, 5) is 0. The zero-order chi connectivity index (χ0) is 9.26. The molecule has 1 unspecified atom stereocenters. The summed E-state index contributed by atoms with van der Waals surface area (Å²) in [5.41, 5.74) is 2.39. The number of nitrogens with one attached hydrogen (secondary N) is 1. The Balaban J connectivity index is 2.45. The first-order valence-electron chi connectivity index (χ1n) is 4.39. The van der Waals surface area contributed by atoms with E-state index in [1.165, 1.54) is 11.1 Å². The van der Waals surface area contributed by atoms with Crippen molar-refractivity contribution in [3.63, 3.8) is 0 Å². The third kappa shape index (κ3) is 1.57. The molecular formula is C10H12ClNO. The van der Waals surface area contributed by atoms with E-state index in [1.54, 1.807) is 0 Å². The molecule has 3 heteroatoms. The second-order valence-corrected chi connectivity index (χ2v) is 3.50. The molecule has 0 spiro atoms. The van der Waals surface area contributed by atoms with Crippen LogP contribution in [0.5, 0.6) is 0 Å². The SMILES string of the molecule is CNC1OCCc2c(Cl)cccc21. The van der Waals surface area contributed by atoms with Gasteiger partial charge in [0.15, 0.2) is 0 Å². The Labute approximate surface area is 82.9 Å². The largest absolute Gasteiger partial charge is 0.359 e. The molecule has 0 saturated carbocycles. The van der Waals surface area contributed by atoms with Gasteiger partial charge in [-0.3, -0.25) is 5.32 Å². The van der Waals surface area contributed by atoms with Gasteiger partial charge in [0.2, 0.25) is 0 Å². The molecule has 0 radical (unpaired) electrons. The standard InChI is InChI=1S/C10H12ClNO/c1-12-10-8-3-2-4-9(11)7(8)5-6-13-10/h2-4,10,12H,5-6H2,1H3. The minimum atomic E-state index is 0.00227. The summed E-state index contributed by atoms with van der Waals surface area (Å²) >= 11 is 6.08. The molecule has 0 saturated heterocycles. The van der Waals surface area contributed by atoms with Crippen molar-refractivity contribution in [2.75, 3.05) is 13.7 Å². The fraction of sp³-hybridized carbons (Fsp3) is 0.400. The average Bonchev–Trinajstić information content (AvgIpc) is 2.18. The highest BCUT2D eigenvalue weighted by Gasteiger charge is 2.20. The zero-order valence-corrected chi connectivity index (χ0v) is 8.27. The molecule has 1 heterocycles. The van der Waals surface area contributed by atoms with E-state index in [0.717, 1.165) is 18.1 Å². The fourth-order valence-corrected chi connectivity index (χ4v) is 1.97. The van der Waals surface area contributed by atoms with Crippen LogP contribution in [0, 0.1) is 0 Å². The fourth-order valence-electron chi connectivity index (χ4n) is 1.69. The third-order valence-electron chi connectivity index (χ3n) is 2.34. The van der Waals surface area contributed by atoms with Crippen LogP contribution in [0.2, 0.25) is 5.02 Å². The van der Waals surface area contributed by atoms with Gasteiger partial charge in [0, 0.05) is 10.6 Å². The lowest BCUT2D eigenvalue weighted by molar-refractivity contribution is 0.0240. The van der Waals surface area contributed by atoms with E-state index in [2.05, 4.69) is 11.4 Å². The Kier molecular flexibility index (Phi) is 2.54. The smallest absolute Gasteiger partial charge is 0.134 e. The lowest BCUT2D eigenvalue weighted by Gasteiger charge is -2.26. The first kappa shape index (κ1) is 9.00. The lowest BCUT2D eigenvalue weighted by Crippen LogP contribution is -2.26. The van der Waals surface area contributed by atoms with Crippen molar-refractivity contribution in [2.24, 2.45) is 0 Å². The normalized spacial score (nSPS) is 21.2. The van der Waals surface area contributed by atoms with Crippen molar-refractivity contribution >= 4 is 11.6 Å². The molecule has 0 amide bonds. The zero-order valence-electron chi connectivity index (χ0n) is 7.51. The van der Waals surface area contributed by atoms with E-state index in [9.17, 15) is 0 Å². The number of hydrogen-bond donors (Lipinski definition) is 1. The predicted molar refractivity (Wildman–Crippen MR) is 52.9 cm³/mol. The van der Waals surface area contributed by atoms with Crippen LogP contribution in [-0.2, 0) is 11.2 Å². The molecule has 2 nitrogen and oxygen atoms in total. The van der Waals surface area contributed by atoms with Crippen molar-refractivity contribution < 1.29 is 4.74 Å². The second kappa shape index (κ2) is 3.66. The number of rotatable bonds is 1. The van der Waals surface area contributed by atoms with Gasteiger partial charge >= 0.3 is 0 Å². The maximum absolute atomic E-state index is 6.08. The maximum atomic E-state index is 6.08. The number of benzene rings is 1. The van der Waals surface area contributed by atoms with E-state index >= 15 is 0 Å². The molecule has 70 valence electrons. The summed E-state index contributed by atoms with van der Waals surface area (Å²) in [6, 6.07) is 5.94. The van der Waals surface area contributed by atoms with Crippen LogP contribution in [0.3, 0.4) is 0 Å². The summed E-state index contributed by atoms with van der Waals surface area (Å²) in [6.07, 6.45) is 0.912. The molecule has 13 heavy (non-hydrogen) atoms. The summed E-state index contributed by atoms with van der Waals surface area (Å²) in [7, 11) is 1.89. The quantitative estimate of drug-likeness (QED) is 0.745. The van der Waals surface area contributed by atoms with Crippen LogP contribution in [0.25, 0.3) is 0 Å². The van der Waals surface area contributed by atoms with Crippen LogP contribution in [0.1, 0.15) is 17.4 Å². The molecule has 1 aromatic carbocycles. The van der Waals surface area contributed by atoms with Gasteiger partial charge in [-0.25, -0.2) is 0 Å².